The van der Waals surface area contributed by atoms with Gasteiger partial charge in [0.25, 0.3) is 15.7 Å². The Morgan fingerprint density at radius 1 is 1.29 bits per heavy atom. The zero-order valence-electron chi connectivity index (χ0n) is 11.3. The maximum atomic E-state index is 12.5. The number of non-ortho nitro benzene ring substituents is 1. The van der Waals surface area contributed by atoms with Gasteiger partial charge in [-0.1, -0.05) is 0 Å². The lowest BCUT2D eigenvalue weighted by atomic mass is 10.2. The maximum Gasteiger partial charge on any atom is 0.269 e. The highest BCUT2D eigenvalue weighted by Crippen LogP contribution is 2.23. The molecule has 1 aliphatic heterocycles. The molecule has 1 aromatic rings. The van der Waals surface area contributed by atoms with Gasteiger partial charge in [-0.3, -0.25) is 19.2 Å². The van der Waals surface area contributed by atoms with Crippen LogP contribution in [0.3, 0.4) is 0 Å². The number of hydrogen-bond acceptors (Lipinski definition) is 5. The van der Waals surface area contributed by atoms with Crippen LogP contribution in [0, 0.1) is 10.1 Å². The molecule has 0 aromatic heterocycles. The summed E-state index contributed by atoms with van der Waals surface area (Å²) in [6.07, 6.45) is 1.32. The summed E-state index contributed by atoms with van der Waals surface area (Å²) in [5, 5.41) is 13.1. The van der Waals surface area contributed by atoms with E-state index in [-0.39, 0.29) is 10.6 Å². The molecule has 2 rings (SSSR count). The van der Waals surface area contributed by atoms with Crippen LogP contribution in [0.15, 0.2) is 41.1 Å². The van der Waals surface area contributed by atoms with Crippen molar-refractivity contribution < 1.29 is 18.1 Å². The van der Waals surface area contributed by atoms with Crippen molar-refractivity contribution in [3.63, 3.8) is 0 Å². The van der Waals surface area contributed by atoms with Crippen LogP contribution in [0.2, 0.25) is 0 Å². The number of nitrogens with one attached hydrogen (secondary N) is 1. The molecule has 8 nitrogen and oxygen atoms in total. The highest BCUT2D eigenvalue weighted by atomic mass is 32.2. The van der Waals surface area contributed by atoms with Crippen molar-refractivity contribution in [1.82, 2.24) is 9.62 Å². The predicted octanol–water partition coefficient (Wildman–Crippen LogP) is 0.965. The van der Waals surface area contributed by atoms with Crippen molar-refractivity contribution in [3.8, 4) is 0 Å². The Morgan fingerprint density at radius 3 is 2.38 bits per heavy atom. The van der Waals surface area contributed by atoms with Gasteiger partial charge < -0.3 is 5.32 Å². The second-order valence-corrected chi connectivity index (χ2v) is 6.41. The van der Waals surface area contributed by atoms with Crippen molar-refractivity contribution in [1.29, 1.82) is 0 Å². The molecule has 1 amide bonds. The van der Waals surface area contributed by atoms with Crippen LogP contribution in [0.1, 0.15) is 13.8 Å². The lowest BCUT2D eigenvalue weighted by molar-refractivity contribution is -0.384. The molecule has 0 fully saturated rings. The van der Waals surface area contributed by atoms with Crippen molar-refractivity contribution in [3.05, 3.63) is 46.3 Å². The number of allylic oxidation sites excluding steroid dienone is 1. The zero-order valence-corrected chi connectivity index (χ0v) is 12.1. The Kier molecular flexibility index (Phi) is 3.69. The molecule has 1 aromatic carbocycles. The first-order chi connectivity index (χ1) is 9.73. The SMILES string of the molecule is CC1=CN(S(=O)(=O)c2ccc([N+](=O)[O-])cc2)[C@@H](C)C(=O)N1. The molecule has 0 saturated carbocycles. The van der Waals surface area contributed by atoms with E-state index in [1.54, 1.807) is 6.92 Å². The van der Waals surface area contributed by atoms with Gasteiger partial charge in [-0.15, -0.1) is 0 Å². The standard InChI is InChI=1S/C12H13N3O5S/c1-8-7-14(9(2)12(16)13-8)21(19,20)11-5-3-10(4-6-11)15(17)18/h3-7,9H,1-2H3,(H,13,16)/t9-/m0/s1. The van der Waals surface area contributed by atoms with Gasteiger partial charge in [-0.05, 0) is 26.0 Å². The average Bonchev–Trinajstić information content (AvgIpc) is 2.42. The number of hydrogen-bond donors (Lipinski definition) is 1. The van der Waals surface area contributed by atoms with Gasteiger partial charge >= 0.3 is 0 Å². The number of sulfonamides is 1. The van der Waals surface area contributed by atoms with E-state index < -0.39 is 26.9 Å². The van der Waals surface area contributed by atoms with Crippen LogP contribution in [-0.2, 0) is 14.8 Å². The van der Waals surface area contributed by atoms with E-state index in [4.69, 9.17) is 0 Å². The van der Waals surface area contributed by atoms with Gasteiger partial charge in [0, 0.05) is 24.0 Å². The molecule has 21 heavy (non-hydrogen) atoms. The Hall–Kier alpha value is -2.42. The number of nitro benzene ring substituents is 1. The van der Waals surface area contributed by atoms with E-state index >= 15 is 0 Å². The predicted molar refractivity (Wildman–Crippen MR) is 73.5 cm³/mol. The molecule has 0 saturated heterocycles. The number of nitrogens with zero attached hydrogens (tertiary/aromatic N) is 2. The Morgan fingerprint density at radius 2 is 1.86 bits per heavy atom. The van der Waals surface area contributed by atoms with Crippen LogP contribution in [-0.4, -0.2) is 29.6 Å². The molecule has 0 unspecified atom stereocenters. The molecule has 1 heterocycles. The molecule has 1 N–H and O–H groups in total. The first kappa shape index (κ1) is 15.0. The van der Waals surface area contributed by atoms with E-state index in [9.17, 15) is 23.3 Å². The molecule has 112 valence electrons. The fourth-order valence-corrected chi connectivity index (χ4v) is 3.42. The molecule has 1 atom stereocenters. The van der Waals surface area contributed by atoms with E-state index in [1.165, 1.54) is 13.1 Å². The van der Waals surface area contributed by atoms with Crippen molar-refractivity contribution in [2.45, 2.75) is 24.8 Å². The summed E-state index contributed by atoms with van der Waals surface area (Å²) in [5.74, 6) is -0.430. The minimum Gasteiger partial charge on any atom is -0.327 e. The molecule has 9 heteroatoms. The summed E-state index contributed by atoms with van der Waals surface area (Å²) < 4.78 is 25.9. The number of amides is 1. The van der Waals surface area contributed by atoms with Gasteiger partial charge in [0.2, 0.25) is 5.91 Å². The summed E-state index contributed by atoms with van der Waals surface area (Å²) in [6.45, 7) is 3.03. The van der Waals surface area contributed by atoms with Crippen LogP contribution >= 0.6 is 0 Å². The second kappa shape index (κ2) is 5.17. The molecule has 0 radical (unpaired) electrons. The van der Waals surface area contributed by atoms with Gasteiger partial charge in [-0.2, -0.15) is 0 Å². The number of nitro groups is 1. The zero-order chi connectivity index (χ0) is 15.8. The molecular formula is C12H13N3O5S. The largest absolute Gasteiger partial charge is 0.327 e. The quantitative estimate of drug-likeness (QED) is 0.660. The molecule has 0 spiro atoms. The minimum atomic E-state index is -3.95. The summed E-state index contributed by atoms with van der Waals surface area (Å²) in [4.78, 5) is 21.5. The Labute approximate surface area is 121 Å². The fourth-order valence-electron chi connectivity index (χ4n) is 1.89. The van der Waals surface area contributed by atoms with Crippen LogP contribution < -0.4 is 5.32 Å². The van der Waals surface area contributed by atoms with Crippen molar-refractivity contribution in [2.75, 3.05) is 0 Å². The Balaban J connectivity index is 2.44. The van der Waals surface area contributed by atoms with Crippen LogP contribution in [0.4, 0.5) is 5.69 Å². The van der Waals surface area contributed by atoms with Gasteiger partial charge in [0.15, 0.2) is 0 Å². The number of rotatable bonds is 3. The van der Waals surface area contributed by atoms with Crippen LogP contribution in [0.5, 0.6) is 0 Å². The summed E-state index contributed by atoms with van der Waals surface area (Å²) >= 11 is 0. The Bertz CT molecular complexity index is 724. The van der Waals surface area contributed by atoms with E-state index in [1.807, 2.05) is 0 Å². The first-order valence-electron chi connectivity index (χ1n) is 6.01. The third-order valence-electron chi connectivity index (χ3n) is 3.03. The lowest BCUT2D eigenvalue weighted by Gasteiger charge is -2.30. The van der Waals surface area contributed by atoms with E-state index in [0.29, 0.717) is 5.70 Å². The van der Waals surface area contributed by atoms with Crippen molar-refractivity contribution in [2.24, 2.45) is 0 Å². The normalized spacial score (nSPS) is 19.0. The highest BCUT2D eigenvalue weighted by molar-refractivity contribution is 7.89. The topological polar surface area (TPSA) is 110 Å². The number of benzene rings is 1. The average molecular weight is 311 g/mol. The third kappa shape index (κ3) is 2.72. The minimum absolute atomic E-state index is 0.112. The molecule has 0 bridgehead atoms. The highest BCUT2D eigenvalue weighted by Gasteiger charge is 2.33. The molecule has 1 aliphatic rings. The lowest BCUT2D eigenvalue weighted by Crippen LogP contribution is -2.48. The summed E-state index contributed by atoms with van der Waals surface area (Å²) in [7, 11) is -3.95. The fraction of sp³-hybridized carbons (Fsp3) is 0.250. The maximum absolute atomic E-state index is 12.5. The molecule has 0 aliphatic carbocycles. The first-order valence-corrected chi connectivity index (χ1v) is 7.45. The van der Waals surface area contributed by atoms with Gasteiger partial charge in [0.05, 0.1) is 9.82 Å². The second-order valence-electron chi connectivity index (χ2n) is 4.56. The van der Waals surface area contributed by atoms with Crippen LogP contribution in [0.25, 0.3) is 0 Å². The number of carbonyl (C=O) groups is 1. The summed E-state index contributed by atoms with van der Waals surface area (Å²) in [6, 6.07) is 3.62. The number of carbonyl (C=O) groups excluding carboxylic acids is 1. The van der Waals surface area contributed by atoms with E-state index in [2.05, 4.69) is 5.32 Å². The summed E-state index contributed by atoms with van der Waals surface area (Å²) in [5.41, 5.74) is 0.202. The van der Waals surface area contributed by atoms with Gasteiger partial charge in [0.1, 0.15) is 6.04 Å². The monoisotopic (exact) mass is 311 g/mol. The van der Waals surface area contributed by atoms with E-state index in [0.717, 1.165) is 28.6 Å². The van der Waals surface area contributed by atoms with Crippen molar-refractivity contribution >= 4 is 21.6 Å². The third-order valence-corrected chi connectivity index (χ3v) is 4.87. The molecular weight excluding hydrogens is 298 g/mol. The smallest absolute Gasteiger partial charge is 0.269 e. The van der Waals surface area contributed by atoms with Gasteiger partial charge in [-0.25, -0.2) is 8.42 Å².